The van der Waals surface area contributed by atoms with Crippen molar-refractivity contribution in [2.75, 3.05) is 18.0 Å². The molecular weight excluding hydrogens is 266 g/mol. The summed E-state index contributed by atoms with van der Waals surface area (Å²) in [5.41, 5.74) is 1.85. The van der Waals surface area contributed by atoms with Crippen molar-refractivity contribution in [2.24, 2.45) is 5.92 Å². The number of nitrogens with zero attached hydrogens (tertiary/aromatic N) is 1. The minimum Gasteiger partial charge on any atom is -0.354 e. The second-order valence-electron chi connectivity index (χ2n) is 5.85. The Labute approximate surface area is 125 Å². The van der Waals surface area contributed by atoms with E-state index in [9.17, 15) is 9.59 Å². The second-order valence-corrected chi connectivity index (χ2v) is 5.85. The summed E-state index contributed by atoms with van der Waals surface area (Å²) in [5.74, 6) is 0.197. The molecule has 0 fully saturated rings. The lowest BCUT2D eigenvalue weighted by Crippen LogP contribution is -2.47. The molecule has 0 aromatic heterocycles. The van der Waals surface area contributed by atoms with Crippen molar-refractivity contribution in [3.05, 3.63) is 29.8 Å². The molecular formula is C16H23N3O2. The molecule has 1 heterocycles. The minimum absolute atomic E-state index is 0.0641. The molecule has 5 nitrogen and oxygen atoms in total. The van der Waals surface area contributed by atoms with Crippen LogP contribution in [0.15, 0.2) is 24.3 Å². The monoisotopic (exact) mass is 289 g/mol. The average molecular weight is 289 g/mol. The number of rotatable bonds is 4. The van der Waals surface area contributed by atoms with Gasteiger partial charge in [-0.05, 0) is 24.5 Å². The average Bonchev–Trinajstić information content (AvgIpc) is 2.58. The predicted molar refractivity (Wildman–Crippen MR) is 82.9 cm³/mol. The first-order valence-corrected chi connectivity index (χ1v) is 7.38. The number of carbonyl (C=O) groups is 2. The number of amides is 2. The summed E-state index contributed by atoms with van der Waals surface area (Å²) in [6.45, 7) is 7.22. The van der Waals surface area contributed by atoms with Crippen LogP contribution in [0.4, 0.5) is 5.69 Å². The predicted octanol–water partition coefficient (Wildman–Crippen LogP) is 1.28. The Morgan fingerprint density at radius 2 is 2.14 bits per heavy atom. The zero-order valence-corrected chi connectivity index (χ0v) is 12.8. The van der Waals surface area contributed by atoms with E-state index in [1.165, 1.54) is 0 Å². The SMILES string of the molecule is CC(C)CNC(=O)CN1C(=O)C(C)NCc2ccccc21. The molecule has 114 valence electrons. The normalized spacial score (nSPS) is 18.4. The molecule has 21 heavy (non-hydrogen) atoms. The van der Waals surface area contributed by atoms with Crippen molar-refractivity contribution in [1.82, 2.24) is 10.6 Å². The van der Waals surface area contributed by atoms with Crippen LogP contribution in [0, 0.1) is 5.92 Å². The van der Waals surface area contributed by atoms with Crippen molar-refractivity contribution in [3.8, 4) is 0 Å². The molecule has 5 heteroatoms. The van der Waals surface area contributed by atoms with Crippen LogP contribution in [-0.2, 0) is 16.1 Å². The summed E-state index contributed by atoms with van der Waals surface area (Å²) in [4.78, 5) is 26.1. The molecule has 0 saturated carbocycles. The van der Waals surface area contributed by atoms with E-state index in [0.717, 1.165) is 11.3 Å². The van der Waals surface area contributed by atoms with Gasteiger partial charge in [0.05, 0.1) is 6.04 Å². The summed E-state index contributed by atoms with van der Waals surface area (Å²) in [7, 11) is 0. The second kappa shape index (κ2) is 6.72. The molecule has 1 unspecified atom stereocenters. The highest BCUT2D eigenvalue weighted by molar-refractivity contribution is 6.02. The van der Waals surface area contributed by atoms with Crippen LogP contribution >= 0.6 is 0 Å². The Kier molecular flexibility index (Phi) is 4.96. The van der Waals surface area contributed by atoms with E-state index in [2.05, 4.69) is 10.6 Å². The number of fused-ring (bicyclic) bond motifs is 1. The summed E-state index contributed by atoms with van der Waals surface area (Å²) < 4.78 is 0. The van der Waals surface area contributed by atoms with E-state index >= 15 is 0 Å². The maximum absolute atomic E-state index is 12.5. The third-order valence-corrected chi connectivity index (χ3v) is 3.53. The van der Waals surface area contributed by atoms with Gasteiger partial charge < -0.3 is 15.5 Å². The van der Waals surface area contributed by atoms with Crippen molar-refractivity contribution < 1.29 is 9.59 Å². The maximum Gasteiger partial charge on any atom is 0.244 e. The third-order valence-electron chi connectivity index (χ3n) is 3.53. The van der Waals surface area contributed by atoms with Gasteiger partial charge in [-0.2, -0.15) is 0 Å². The number of anilines is 1. The topological polar surface area (TPSA) is 61.4 Å². The molecule has 1 atom stereocenters. The molecule has 0 saturated heterocycles. The molecule has 2 N–H and O–H groups in total. The summed E-state index contributed by atoms with van der Waals surface area (Å²) in [5, 5.41) is 6.04. The van der Waals surface area contributed by atoms with Gasteiger partial charge in [-0.25, -0.2) is 0 Å². The number of hydrogen-bond acceptors (Lipinski definition) is 3. The van der Waals surface area contributed by atoms with Crippen molar-refractivity contribution in [2.45, 2.75) is 33.4 Å². The highest BCUT2D eigenvalue weighted by atomic mass is 16.2. The first-order valence-electron chi connectivity index (χ1n) is 7.38. The van der Waals surface area contributed by atoms with Gasteiger partial charge >= 0.3 is 0 Å². The fourth-order valence-corrected chi connectivity index (χ4v) is 2.31. The number of carbonyl (C=O) groups excluding carboxylic acids is 2. The van der Waals surface area contributed by atoms with E-state index in [-0.39, 0.29) is 24.4 Å². The lowest BCUT2D eigenvalue weighted by Gasteiger charge is -2.24. The number of benzene rings is 1. The maximum atomic E-state index is 12.5. The van der Waals surface area contributed by atoms with Gasteiger partial charge in [-0.15, -0.1) is 0 Å². The number of para-hydroxylation sites is 1. The van der Waals surface area contributed by atoms with Crippen LogP contribution in [0.3, 0.4) is 0 Å². The smallest absolute Gasteiger partial charge is 0.244 e. The standard InChI is InChI=1S/C16H23N3O2/c1-11(2)8-18-15(20)10-19-14-7-5-4-6-13(14)9-17-12(3)16(19)21/h4-7,11-12,17H,8-10H2,1-3H3,(H,18,20). The van der Waals surface area contributed by atoms with Gasteiger partial charge in [-0.3, -0.25) is 9.59 Å². The quantitative estimate of drug-likeness (QED) is 0.878. The zero-order valence-electron chi connectivity index (χ0n) is 12.8. The lowest BCUT2D eigenvalue weighted by atomic mass is 10.1. The largest absolute Gasteiger partial charge is 0.354 e. The summed E-state index contributed by atoms with van der Waals surface area (Å²) >= 11 is 0. The van der Waals surface area contributed by atoms with Gasteiger partial charge in [0.1, 0.15) is 6.54 Å². The highest BCUT2D eigenvalue weighted by Gasteiger charge is 2.28. The van der Waals surface area contributed by atoms with E-state index in [1.807, 2.05) is 45.0 Å². The van der Waals surface area contributed by atoms with Crippen LogP contribution in [0.2, 0.25) is 0 Å². The lowest BCUT2D eigenvalue weighted by molar-refractivity contribution is -0.124. The molecule has 1 aromatic carbocycles. The molecule has 0 radical (unpaired) electrons. The molecule has 0 aliphatic carbocycles. The molecule has 0 spiro atoms. The fourth-order valence-electron chi connectivity index (χ4n) is 2.31. The molecule has 1 aromatic rings. The third kappa shape index (κ3) is 3.82. The highest BCUT2D eigenvalue weighted by Crippen LogP contribution is 2.23. The zero-order chi connectivity index (χ0) is 15.4. The van der Waals surface area contributed by atoms with Crippen LogP contribution in [-0.4, -0.2) is 30.9 Å². The Bertz CT molecular complexity index is 528. The van der Waals surface area contributed by atoms with E-state index in [1.54, 1.807) is 4.90 Å². The van der Waals surface area contributed by atoms with Crippen molar-refractivity contribution in [1.29, 1.82) is 0 Å². The van der Waals surface area contributed by atoms with Crippen LogP contribution in [0.25, 0.3) is 0 Å². The molecule has 1 aliphatic rings. The van der Waals surface area contributed by atoms with Crippen molar-refractivity contribution in [3.63, 3.8) is 0 Å². The summed E-state index contributed by atoms with van der Waals surface area (Å²) in [6.07, 6.45) is 0. The molecule has 0 bridgehead atoms. The van der Waals surface area contributed by atoms with Crippen molar-refractivity contribution >= 4 is 17.5 Å². The van der Waals surface area contributed by atoms with E-state index in [4.69, 9.17) is 0 Å². The fraction of sp³-hybridized carbons (Fsp3) is 0.500. The first kappa shape index (κ1) is 15.5. The molecule has 1 aliphatic heterocycles. The Balaban J connectivity index is 2.18. The van der Waals surface area contributed by atoms with E-state index < -0.39 is 0 Å². The summed E-state index contributed by atoms with van der Waals surface area (Å²) in [6, 6.07) is 7.41. The Morgan fingerprint density at radius 1 is 1.43 bits per heavy atom. The van der Waals surface area contributed by atoms with Gasteiger partial charge in [-0.1, -0.05) is 32.0 Å². The van der Waals surface area contributed by atoms with Gasteiger partial charge in [0.15, 0.2) is 0 Å². The van der Waals surface area contributed by atoms with Gasteiger partial charge in [0.2, 0.25) is 11.8 Å². The Morgan fingerprint density at radius 3 is 2.86 bits per heavy atom. The minimum atomic E-state index is -0.296. The van der Waals surface area contributed by atoms with Crippen LogP contribution in [0.5, 0.6) is 0 Å². The van der Waals surface area contributed by atoms with Gasteiger partial charge in [0.25, 0.3) is 0 Å². The molecule has 2 amide bonds. The molecule has 2 rings (SSSR count). The Hall–Kier alpha value is -1.88. The first-order chi connectivity index (χ1) is 9.99. The van der Waals surface area contributed by atoms with Crippen LogP contribution < -0.4 is 15.5 Å². The van der Waals surface area contributed by atoms with Gasteiger partial charge in [0, 0.05) is 18.8 Å². The van der Waals surface area contributed by atoms with E-state index in [0.29, 0.717) is 19.0 Å². The number of hydrogen-bond donors (Lipinski definition) is 2. The number of nitrogens with one attached hydrogen (secondary N) is 2. The van der Waals surface area contributed by atoms with Crippen LogP contribution in [0.1, 0.15) is 26.3 Å².